The molecule has 0 fully saturated rings. The topological polar surface area (TPSA) is 73.9 Å². The van der Waals surface area contributed by atoms with Gasteiger partial charge in [-0.05, 0) is 18.9 Å². The summed E-state index contributed by atoms with van der Waals surface area (Å²) in [6, 6.07) is 12.7. The molecule has 0 aliphatic carbocycles. The first-order chi connectivity index (χ1) is 8.71. The van der Waals surface area contributed by atoms with Gasteiger partial charge in [0, 0.05) is 6.42 Å². The summed E-state index contributed by atoms with van der Waals surface area (Å²) in [6.45, 7) is 1.90. The van der Waals surface area contributed by atoms with Crippen LogP contribution < -0.4 is 0 Å². The summed E-state index contributed by atoms with van der Waals surface area (Å²) in [4.78, 5) is 12.0. The van der Waals surface area contributed by atoms with E-state index in [1.165, 1.54) is 0 Å². The van der Waals surface area contributed by atoms with Crippen LogP contribution in [0.2, 0.25) is 0 Å². The molecule has 0 saturated carbocycles. The van der Waals surface area contributed by atoms with Crippen LogP contribution in [0.5, 0.6) is 0 Å². The Balaban J connectivity index is 3.20. The van der Waals surface area contributed by atoms with Crippen molar-refractivity contribution in [1.29, 1.82) is 10.5 Å². The molecule has 18 heavy (non-hydrogen) atoms. The lowest BCUT2D eigenvalue weighted by Crippen LogP contribution is -2.36. The standard InChI is InChI=1S/C14H14N2O2/c1-2-18-13(17)14(11-16,9-6-10-15)12-7-4-3-5-8-12/h3-5,7-8H,2,6,9H2,1H3/t14-/m0/s1. The van der Waals surface area contributed by atoms with Gasteiger partial charge in [-0.1, -0.05) is 30.3 Å². The van der Waals surface area contributed by atoms with Gasteiger partial charge in [0.15, 0.2) is 5.41 Å². The zero-order valence-electron chi connectivity index (χ0n) is 10.2. The molecular formula is C14H14N2O2. The average molecular weight is 242 g/mol. The van der Waals surface area contributed by atoms with Crippen molar-refractivity contribution in [2.45, 2.75) is 25.2 Å². The second-order valence-electron chi connectivity index (χ2n) is 3.76. The van der Waals surface area contributed by atoms with Crippen molar-refractivity contribution in [2.24, 2.45) is 0 Å². The van der Waals surface area contributed by atoms with Gasteiger partial charge in [-0.2, -0.15) is 10.5 Å². The lowest BCUT2D eigenvalue weighted by atomic mass is 9.78. The summed E-state index contributed by atoms with van der Waals surface area (Å²) >= 11 is 0. The van der Waals surface area contributed by atoms with Crippen LogP contribution in [0.1, 0.15) is 25.3 Å². The van der Waals surface area contributed by atoms with E-state index in [0.29, 0.717) is 5.56 Å². The molecule has 0 unspecified atom stereocenters. The Morgan fingerprint density at radius 3 is 2.50 bits per heavy atom. The molecule has 0 amide bonds. The van der Waals surface area contributed by atoms with Gasteiger partial charge in [-0.15, -0.1) is 0 Å². The third-order valence-electron chi connectivity index (χ3n) is 2.69. The largest absolute Gasteiger partial charge is 0.465 e. The Morgan fingerprint density at radius 1 is 1.33 bits per heavy atom. The number of carbonyl (C=O) groups excluding carboxylic acids is 1. The summed E-state index contributed by atoms with van der Waals surface area (Å²) in [5, 5.41) is 18.1. The van der Waals surface area contributed by atoms with Crippen molar-refractivity contribution in [3.05, 3.63) is 35.9 Å². The number of benzene rings is 1. The van der Waals surface area contributed by atoms with E-state index >= 15 is 0 Å². The van der Waals surface area contributed by atoms with Crippen LogP contribution in [-0.2, 0) is 14.9 Å². The van der Waals surface area contributed by atoms with E-state index in [4.69, 9.17) is 10.00 Å². The predicted octanol–water partition coefficient (Wildman–Crippen LogP) is 2.31. The van der Waals surface area contributed by atoms with E-state index in [0.717, 1.165) is 0 Å². The molecule has 0 aliphatic rings. The molecule has 92 valence electrons. The normalized spacial score (nSPS) is 12.8. The second kappa shape index (κ2) is 6.42. The van der Waals surface area contributed by atoms with Crippen LogP contribution in [0.25, 0.3) is 0 Å². The minimum Gasteiger partial charge on any atom is -0.465 e. The van der Waals surface area contributed by atoms with Crippen molar-refractivity contribution in [2.75, 3.05) is 6.61 Å². The fourth-order valence-corrected chi connectivity index (χ4v) is 1.75. The van der Waals surface area contributed by atoms with Crippen LogP contribution in [0.15, 0.2) is 30.3 Å². The molecule has 0 aromatic heterocycles. The minimum absolute atomic E-state index is 0.126. The number of hydrogen-bond donors (Lipinski definition) is 0. The van der Waals surface area contributed by atoms with Gasteiger partial charge in [-0.3, -0.25) is 0 Å². The van der Waals surface area contributed by atoms with Crippen LogP contribution in [0.4, 0.5) is 0 Å². The number of carbonyl (C=O) groups is 1. The van der Waals surface area contributed by atoms with E-state index in [1.54, 1.807) is 37.3 Å². The van der Waals surface area contributed by atoms with E-state index in [1.807, 2.05) is 12.1 Å². The molecular weight excluding hydrogens is 228 g/mol. The molecule has 0 spiro atoms. The third kappa shape index (κ3) is 2.67. The molecule has 0 aliphatic heterocycles. The van der Waals surface area contributed by atoms with Gasteiger partial charge in [0.1, 0.15) is 0 Å². The monoisotopic (exact) mass is 242 g/mol. The maximum absolute atomic E-state index is 12.0. The summed E-state index contributed by atoms with van der Waals surface area (Å²) in [5.41, 5.74) is -0.811. The first kappa shape index (κ1) is 13.7. The highest BCUT2D eigenvalue weighted by molar-refractivity contribution is 5.86. The third-order valence-corrected chi connectivity index (χ3v) is 2.69. The molecule has 4 heteroatoms. The molecule has 4 nitrogen and oxygen atoms in total. The van der Waals surface area contributed by atoms with Gasteiger partial charge in [0.2, 0.25) is 0 Å². The van der Waals surface area contributed by atoms with Crippen molar-refractivity contribution in [3.63, 3.8) is 0 Å². The van der Waals surface area contributed by atoms with Gasteiger partial charge < -0.3 is 4.74 Å². The van der Waals surface area contributed by atoms with Gasteiger partial charge in [-0.25, -0.2) is 4.79 Å². The highest BCUT2D eigenvalue weighted by atomic mass is 16.5. The van der Waals surface area contributed by atoms with E-state index in [2.05, 4.69) is 0 Å². The average Bonchev–Trinajstić information content (AvgIpc) is 2.42. The molecule has 0 saturated heterocycles. The Labute approximate surface area is 106 Å². The highest BCUT2D eigenvalue weighted by Crippen LogP contribution is 2.30. The minimum atomic E-state index is -1.38. The Morgan fingerprint density at radius 2 is 2.00 bits per heavy atom. The summed E-state index contributed by atoms with van der Waals surface area (Å²) in [6.07, 6.45) is 0.268. The lowest BCUT2D eigenvalue weighted by molar-refractivity contribution is -0.148. The van der Waals surface area contributed by atoms with Crippen molar-refractivity contribution in [1.82, 2.24) is 0 Å². The number of ether oxygens (including phenoxy) is 1. The smallest absolute Gasteiger partial charge is 0.331 e. The van der Waals surface area contributed by atoms with Gasteiger partial charge in [0.25, 0.3) is 0 Å². The number of nitriles is 2. The zero-order valence-corrected chi connectivity index (χ0v) is 10.2. The van der Waals surface area contributed by atoms with E-state index in [-0.39, 0.29) is 19.4 Å². The van der Waals surface area contributed by atoms with Crippen LogP contribution in [-0.4, -0.2) is 12.6 Å². The first-order valence-electron chi connectivity index (χ1n) is 5.72. The molecule has 1 aromatic carbocycles. The van der Waals surface area contributed by atoms with Gasteiger partial charge in [0.05, 0.1) is 18.7 Å². The maximum Gasteiger partial charge on any atom is 0.331 e. The van der Waals surface area contributed by atoms with Crippen molar-refractivity contribution >= 4 is 5.97 Å². The van der Waals surface area contributed by atoms with Gasteiger partial charge >= 0.3 is 5.97 Å². The first-order valence-corrected chi connectivity index (χ1v) is 5.72. The van der Waals surface area contributed by atoms with Crippen LogP contribution in [0.3, 0.4) is 0 Å². The van der Waals surface area contributed by atoms with E-state index in [9.17, 15) is 10.1 Å². The molecule has 0 heterocycles. The molecule has 0 radical (unpaired) electrons. The SMILES string of the molecule is CCOC(=O)[C@](C#N)(CCC#N)c1ccccc1. The quantitative estimate of drug-likeness (QED) is 0.742. The zero-order chi connectivity index (χ0) is 13.4. The van der Waals surface area contributed by atoms with Crippen LogP contribution >= 0.6 is 0 Å². The number of nitrogens with zero attached hydrogens (tertiary/aromatic N) is 2. The Bertz CT molecular complexity index is 485. The molecule has 0 bridgehead atoms. The molecule has 1 rings (SSSR count). The second-order valence-corrected chi connectivity index (χ2v) is 3.76. The molecule has 1 aromatic rings. The maximum atomic E-state index is 12.0. The number of esters is 1. The lowest BCUT2D eigenvalue weighted by Gasteiger charge is -2.23. The fraction of sp³-hybridized carbons (Fsp3) is 0.357. The van der Waals surface area contributed by atoms with Crippen LogP contribution in [0, 0.1) is 22.7 Å². The van der Waals surface area contributed by atoms with E-state index < -0.39 is 11.4 Å². The summed E-state index contributed by atoms with van der Waals surface area (Å²) < 4.78 is 4.98. The number of rotatable bonds is 5. The summed E-state index contributed by atoms with van der Waals surface area (Å²) in [7, 11) is 0. The Hall–Kier alpha value is -2.33. The fourth-order valence-electron chi connectivity index (χ4n) is 1.75. The molecule has 1 atom stereocenters. The highest BCUT2D eigenvalue weighted by Gasteiger charge is 2.41. The number of hydrogen-bond acceptors (Lipinski definition) is 4. The Kier molecular flexibility index (Phi) is 4.90. The van der Waals surface area contributed by atoms with Crippen molar-refractivity contribution in [3.8, 4) is 12.1 Å². The molecule has 0 N–H and O–H groups in total. The summed E-state index contributed by atoms with van der Waals surface area (Å²) in [5.74, 6) is -0.589. The van der Waals surface area contributed by atoms with Crippen molar-refractivity contribution < 1.29 is 9.53 Å². The predicted molar refractivity (Wildman–Crippen MR) is 65.2 cm³/mol.